The summed E-state index contributed by atoms with van der Waals surface area (Å²) >= 11 is 0. The average molecular weight is 301 g/mol. The van der Waals surface area contributed by atoms with Gasteiger partial charge in [-0.15, -0.1) is 6.58 Å². The van der Waals surface area contributed by atoms with Crippen molar-refractivity contribution >= 4 is 8.32 Å². The molecule has 114 valence electrons. The summed E-state index contributed by atoms with van der Waals surface area (Å²) < 4.78 is 6.81. The Balaban J connectivity index is 1.93. The second-order valence-corrected chi connectivity index (χ2v) is 12.3. The summed E-state index contributed by atoms with van der Waals surface area (Å²) in [5.41, 5.74) is 3.46. The fourth-order valence-electron chi connectivity index (χ4n) is 4.33. The van der Waals surface area contributed by atoms with E-state index in [0.717, 1.165) is 6.42 Å². The summed E-state index contributed by atoms with van der Waals surface area (Å²) in [5.74, 6) is 0. The van der Waals surface area contributed by atoms with E-state index in [1.165, 1.54) is 43.2 Å². The molecular formula is C19H28OSi. The maximum absolute atomic E-state index is 6.81. The number of aryl methyl sites for hydroxylation is 1. The van der Waals surface area contributed by atoms with Gasteiger partial charge in [0.15, 0.2) is 8.32 Å². The summed E-state index contributed by atoms with van der Waals surface area (Å²) in [6.07, 6.45) is 9.48. The second-order valence-electron chi connectivity index (χ2n) is 7.84. The Hall–Kier alpha value is -0.863. The molecule has 21 heavy (non-hydrogen) atoms. The van der Waals surface area contributed by atoms with Crippen LogP contribution in [0, 0.1) is 5.41 Å². The summed E-state index contributed by atoms with van der Waals surface area (Å²) in [7, 11) is -1.56. The first-order valence-electron chi connectivity index (χ1n) is 8.32. The first kappa shape index (κ1) is 15.0. The van der Waals surface area contributed by atoms with Crippen molar-refractivity contribution in [3.63, 3.8) is 0 Å². The zero-order valence-electron chi connectivity index (χ0n) is 13.7. The molecule has 2 heteroatoms. The zero-order chi connectivity index (χ0) is 15.1. The number of unbranched alkanes of at least 4 members (excludes halogenated alkanes) is 1. The molecule has 3 rings (SSSR count). The van der Waals surface area contributed by atoms with Crippen LogP contribution in [0.15, 0.2) is 36.9 Å². The Labute approximate surface area is 130 Å². The van der Waals surface area contributed by atoms with Gasteiger partial charge in [-0.1, -0.05) is 30.3 Å². The molecule has 0 N–H and O–H groups in total. The normalized spacial score (nSPS) is 30.4. The third-order valence-corrected chi connectivity index (χ3v) is 6.15. The van der Waals surface area contributed by atoms with Crippen molar-refractivity contribution in [2.75, 3.05) is 0 Å². The standard InChI is InChI=1S/C19H28OSi/c1-5-6-9-13-18-14-12-16-10-7-8-11-17(16)19(18,15-18)20-21(2,3)4/h5,7-8,10-11H,1,6,9,12-15H2,2-4H3. The molecule has 2 aliphatic carbocycles. The molecule has 2 atom stereocenters. The van der Waals surface area contributed by atoms with Crippen LogP contribution in [0.1, 0.15) is 43.2 Å². The minimum Gasteiger partial charge on any atom is -0.408 e. The SMILES string of the molecule is C=CCCCC12CCc3ccccc3C1(O[Si](C)(C)C)C2. The fraction of sp³-hybridized carbons (Fsp3) is 0.579. The Morgan fingerprint density at radius 3 is 2.76 bits per heavy atom. The molecule has 0 aromatic heterocycles. The molecule has 1 aromatic rings. The van der Waals surface area contributed by atoms with Crippen LogP contribution in [0.3, 0.4) is 0 Å². The van der Waals surface area contributed by atoms with Crippen LogP contribution >= 0.6 is 0 Å². The van der Waals surface area contributed by atoms with E-state index >= 15 is 0 Å². The van der Waals surface area contributed by atoms with Crippen LogP contribution < -0.4 is 0 Å². The lowest BCUT2D eigenvalue weighted by Gasteiger charge is -2.37. The topological polar surface area (TPSA) is 9.23 Å². The molecule has 0 bridgehead atoms. The highest BCUT2D eigenvalue weighted by atomic mass is 28.4. The van der Waals surface area contributed by atoms with Gasteiger partial charge in [-0.05, 0) is 69.3 Å². The van der Waals surface area contributed by atoms with E-state index in [4.69, 9.17) is 4.43 Å². The maximum atomic E-state index is 6.81. The summed E-state index contributed by atoms with van der Waals surface area (Å²) in [6, 6.07) is 8.99. The van der Waals surface area contributed by atoms with Crippen molar-refractivity contribution < 1.29 is 4.43 Å². The second kappa shape index (κ2) is 5.10. The Morgan fingerprint density at radius 1 is 1.29 bits per heavy atom. The van der Waals surface area contributed by atoms with Crippen molar-refractivity contribution in [3.8, 4) is 0 Å². The molecule has 1 fully saturated rings. The van der Waals surface area contributed by atoms with Gasteiger partial charge in [-0.3, -0.25) is 0 Å². The number of hydrogen-bond acceptors (Lipinski definition) is 1. The minimum atomic E-state index is -1.56. The Bertz CT molecular complexity index is 545. The van der Waals surface area contributed by atoms with E-state index in [0.29, 0.717) is 5.41 Å². The first-order chi connectivity index (χ1) is 9.93. The van der Waals surface area contributed by atoms with E-state index < -0.39 is 8.32 Å². The monoisotopic (exact) mass is 300 g/mol. The molecule has 0 aliphatic heterocycles. The van der Waals surface area contributed by atoms with Gasteiger partial charge in [0.05, 0.1) is 5.60 Å². The van der Waals surface area contributed by atoms with Crippen molar-refractivity contribution in [3.05, 3.63) is 48.0 Å². The van der Waals surface area contributed by atoms with Crippen LogP contribution in [0.4, 0.5) is 0 Å². The van der Waals surface area contributed by atoms with Gasteiger partial charge in [0.2, 0.25) is 0 Å². The Kier molecular flexibility index (Phi) is 3.65. The molecule has 0 spiro atoms. The van der Waals surface area contributed by atoms with E-state index in [-0.39, 0.29) is 5.60 Å². The van der Waals surface area contributed by atoms with E-state index in [1.807, 2.05) is 0 Å². The number of fused-ring (bicyclic) bond motifs is 3. The zero-order valence-corrected chi connectivity index (χ0v) is 14.7. The van der Waals surface area contributed by atoms with Crippen LogP contribution in [-0.2, 0) is 16.4 Å². The van der Waals surface area contributed by atoms with E-state index in [2.05, 4.69) is 56.6 Å². The van der Waals surface area contributed by atoms with Crippen LogP contribution in [0.2, 0.25) is 19.6 Å². The van der Waals surface area contributed by atoms with E-state index in [9.17, 15) is 0 Å². The quantitative estimate of drug-likeness (QED) is 0.387. The fourth-order valence-corrected chi connectivity index (χ4v) is 5.78. The number of benzene rings is 1. The molecule has 0 saturated heterocycles. The van der Waals surface area contributed by atoms with Crippen LogP contribution in [0.5, 0.6) is 0 Å². The highest BCUT2D eigenvalue weighted by Gasteiger charge is 2.70. The van der Waals surface area contributed by atoms with Crippen molar-refractivity contribution in [1.29, 1.82) is 0 Å². The van der Waals surface area contributed by atoms with Crippen LogP contribution in [0.25, 0.3) is 0 Å². The van der Waals surface area contributed by atoms with Gasteiger partial charge >= 0.3 is 0 Å². The Morgan fingerprint density at radius 2 is 2.05 bits per heavy atom. The smallest absolute Gasteiger partial charge is 0.185 e. The lowest BCUT2D eigenvalue weighted by atomic mass is 9.79. The van der Waals surface area contributed by atoms with Crippen molar-refractivity contribution in [2.45, 2.75) is 63.8 Å². The lowest BCUT2D eigenvalue weighted by molar-refractivity contribution is 0.0969. The third kappa shape index (κ3) is 2.53. The number of rotatable bonds is 6. The molecule has 1 nitrogen and oxygen atoms in total. The number of allylic oxidation sites excluding steroid dienone is 1. The molecule has 0 radical (unpaired) electrons. The molecular weight excluding hydrogens is 272 g/mol. The van der Waals surface area contributed by atoms with Crippen molar-refractivity contribution in [1.82, 2.24) is 0 Å². The number of hydrogen-bond donors (Lipinski definition) is 0. The van der Waals surface area contributed by atoms with Gasteiger partial charge in [0.25, 0.3) is 0 Å². The van der Waals surface area contributed by atoms with Gasteiger partial charge in [0, 0.05) is 5.41 Å². The molecule has 2 unspecified atom stereocenters. The minimum absolute atomic E-state index is 0.0352. The summed E-state index contributed by atoms with van der Waals surface area (Å²) in [6.45, 7) is 10.8. The maximum Gasteiger partial charge on any atom is 0.185 e. The van der Waals surface area contributed by atoms with Crippen LogP contribution in [-0.4, -0.2) is 8.32 Å². The third-order valence-electron chi connectivity index (χ3n) is 5.19. The highest BCUT2D eigenvalue weighted by Crippen LogP contribution is 2.73. The predicted molar refractivity (Wildman–Crippen MR) is 92.0 cm³/mol. The summed E-state index contributed by atoms with van der Waals surface area (Å²) in [4.78, 5) is 0. The summed E-state index contributed by atoms with van der Waals surface area (Å²) in [5, 5.41) is 0. The van der Waals surface area contributed by atoms with Crippen molar-refractivity contribution in [2.24, 2.45) is 5.41 Å². The molecule has 1 saturated carbocycles. The van der Waals surface area contributed by atoms with Gasteiger partial charge in [-0.25, -0.2) is 0 Å². The van der Waals surface area contributed by atoms with Gasteiger partial charge in [-0.2, -0.15) is 0 Å². The lowest BCUT2D eigenvalue weighted by Crippen LogP contribution is -2.38. The predicted octanol–water partition coefficient (Wildman–Crippen LogP) is 5.43. The van der Waals surface area contributed by atoms with Gasteiger partial charge < -0.3 is 4.43 Å². The molecule has 2 aliphatic rings. The average Bonchev–Trinajstić information content (AvgIpc) is 3.06. The first-order valence-corrected chi connectivity index (χ1v) is 11.7. The largest absolute Gasteiger partial charge is 0.408 e. The highest BCUT2D eigenvalue weighted by molar-refractivity contribution is 6.69. The molecule has 0 heterocycles. The molecule has 0 amide bonds. The molecule has 1 aromatic carbocycles. The van der Waals surface area contributed by atoms with Gasteiger partial charge in [0.1, 0.15) is 0 Å². The van der Waals surface area contributed by atoms with E-state index in [1.54, 1.807) is 0 Å².